The maximum Gasteiger partial charge on any atom is 0.189 e. The number of benzene rings is 1. The topological polar surface area (TPSA) is 98.5 Å². The van der Waals surface area contributed by atoms with Crippen LogP contribution in [-0.2, 0) is 0 Å². The molecule has 3 aliphatic rings. The van der Waals surface area contributed by atoms with Crippen LogP contribution in [0.25, 0.3) is 0 Å². The van der Waals surface area contributed by atoms with Crippen LogP contribution in [-0.4, -0.2) is 29.7 Å². The second-order valence-electron chi connectivity index (χ2n) is 7.58. The third-order valence-electron chi connectivity index (χ3n) is 6.58. The maximum atomic E-state index is 14.8. The summed E-state index contributed by atoms with van der Waals surface area (Å²) >= 11 is 0. The van der Waals surface area contributed by atoms with E-state index in [1.807, 2.05) is 25.3 Å². The van der Waals surface area contributed by atoms with Crippen molar-refractivity contribution in [2.45, 2.75) is 30.8 Å². The van der Waals surface area contributed by atoms with Gasteiger partial charge in [0.1, 0.15) is 11.7 Å². The van der Waals surface area contributed by atoms with Crippen molar-refractivity contribution in [2.24, 2.45) is 17.3 Å². The molecule has 1 aromatic rings. The highest BCUT2D eigenvalue weighted by Crippen LogP contribution is 2.57. The van der Waals surface area contributed by atoms with E-state index in [-0.39, 0.29) is 29.3 Å². The van der Waals surface area contributed by atoms with Crippen molar-refractivity contribution in [3.63, 3.8) is 0 Å². The summed E-state index contributed by atoms with van der Waals surface area (Å²) in [7, 11) is 2.00. The third-order valence-corrected chi connectivity index (χ3v) is 6.58. The lowest BCUT2D eigenvalue weighted by Gasteiger charge is -2.50. The average molecular weight is 359 g/mol. The van der Waals surface area contributed by atoms with Crippen molar-refractivity contribution in [1.29, 1.82) is 21.2 Å². The second kappa shape index (κ2) is 6.02. The summed E-state index contributed by atoms with van der Waals surface area (Å²) in [6, 6.07) is 12.5. The van der Waals surface area contributed by atoms with Gasteiger partial charge in [-0.3, -0.25) is 4.90 Å². The second-order valence-corrected chi connectivity index (χ2v) is 7.58. The lowest BCUT2D eigenvalue weighted by atomic mass is 9.53. The molecule has 5 atom stereocenters. The highest BCUT2D eigenvalue weighted by atomic mass is 19.1. The smallest absolute Gasteiger partial charge is 0.189 e. The fraction of sp³-hybridized carbons (Fsp3) is 0.429. The van der Waals surface area contributed by atoms with Gasteiger partial charge >= 0.3 is 0 Å². The first-order valence-corrected chi connectivity index (χ1v) is 8.99. The van der Waals surface area contributed by atoms with Crippen molar-refractivity contribution < 1.29 is 4.39 Å². The van der Waals surface area contributed by atoms with E-state index >= 15 is 0 Å². The van der Waals surface area contributed by atoms with Crippen LogP contribution in [0.15, 0.2) is 35.9 Å². The summed E-state index contributed by atoms with van der Waals surface area (Å²) in [5, 5.41) is 38.3. The van der Waals surface area contributed by atoms with Crippen LogP contribution < -0.4 is 0 Å². The lowest BCUT2D eigenvalue weighted by molar-refractivity contribution is 0.155. The summed E-state index contributed by atoms with van der Waals surface area (Å²) < 4.78 is 14.8. The molecule has 0 amide bonds. The highest BCUT2D eigenvalue weighted by molar-refractivity contribution is 6.01. The van der Waals surface area contributed by atoms with Gasteiger partial charge in [-0.05, 0) is 37.1 Å². The third kappa shape index (κ3) is 2.13. The van der Waals surface area contributed by atoms with Gasteiger partial charge < -0.3 is 5.41 Å². The zero-order chi connectivity index (χ0) is 19.3. The number of fused-ring (bicyclic) bond motifs is 4. The Labute approximate surface area is 157 Å². The molecule has 1 saturated heterocycles. The van der Waals surface area contributed by atoms with Gasteiger partial charge in [0.25, 0.3) is 0 Å². The number of hydrogen-bond donors (Lipinski definition) is 1. The number of nitrogens with one attached hydrogen (secondary N) is 1. The summed E-state index contributed by atoms with van der Waals surface area (Å²) in [5.41, 5.74) is -1.03. The first-order valence-electron chi connectivity index (χ1n) is 8.99. The monoisotopic (exact) mass is 359 g/mol. The Balaban J connectivity index is 2.03. The van der Waals surface area contributed by atoms with Gasteiger partial charge in [0.05, 0.1) is 23.9 Å². The molecule has 1 aromatic carbocycles. The molecule has 27 heavy (non-hydrogen) atoms. The predicted molar refractivity (Wildman–Crippen MR) is 95.8 cm³/mol. The Hall–Kier alpha value is -3.01. The Morgan fingerprint density at radius 1 is 1.19 bits per heavy atom. The minimum atomic E-state index is -1.86. The average Bonchev–Trinajstić information content (AvgIpc) is 2.91. The van der Waals surface area contributed by atoms with Gasteiger partial charge in [0.2, 0.25) is 0 Å². The van der Waals surface area contributed by atoms with Gasteiger partial charge in [-0.15, -0.1) is 0 Å². The molecular formula is C21H18FN5. The number of likely N-dealkylation sites (N-methyl/N-ethyl adjacent to an activating group) is 1. The Bertz CT molecular complexity index is 962. The number of nitrogens with zero attached hydrogens (tertiary/aromatic N) is 4. The first kappa shape index (κ1) is 17.4. The summed E-state index contributed by atoms with van der Waals surface area (Å²) in [5.74, 6) is -2.55. The van der Waals surface area contributed by atoms with Crippen LogP contribution in [0, 0.1) is 62.5 Å². The van der Waals surface area contributed by atoms with Crippen molar-refractivity contribution >= 4 is 5.71 Å². The van der Waals surface area contributed by atoms with Gasteiger partial charge in [-0.2, -0.15) is 15.8 Å². The quantitative estimate of drug-likeness (QED) is 0.779. The van der Waals surface area contributed by atoms with Crippen LogP contribution in [0.4, 0.5) is 4.39 Å². The Kier molecular flexibility index (Phi) is 3.88. The molecule has 5 nitrogen and oxygen atoms in total. The van der Waals surface area contributed by atoms with Crippen molar-refractivity contribution in [3.05, 3.63) is 47.3 Å². The molecule has 1 saturated carbocycles. The molecule has 1 aliphatic carbocycles. The number of nitriles is 3. The van der Waals surface area contributed by atoms with Gasteiger partial charge in [-0.25, -0.2) is 4.39 Å². The Morgan fingerprint density at radius 2 is 1.89 bits per heavy atom. The largest absolute Gasteiger partial charge is 0.305 e. The van der Waals surface area contributed by atoms with E-state index in [4.69, 9.17) is 5.41 Å². The van der Waals surface area contributed by atoms with Gasteiger partial charge in [0.15, 0.2) is 5.41 Å². The molecular weight excluding hydrogens is 341 g/mol. The van der Waals surface area contributed by atoms with Gasteiger partial charge in [0, 0.05) is 23.9 Å². The van der Waals surface area contributed by atoms with E-state index in [1.165, 1.54) is 6.07 Å². The van der Waals surface area contributed by atoms with Crippen molar-refractivity contribution in [2.75, 3.05) is 7.05 Å². The summed E-state index contributed by atoms with van der Waals surface area (Å²) in [6.07, 6.45) is 3.79. The summed E-state index contributed by atoms with van der Waals surface area (Å²) in [6.45, 7) is 0. The standard InChI is InChI=1S/C21H18FN5/c1-27-12-6-7-17(27)18-14(8-12)15(9-23)20(26)21(10-24,11-25)19(18)13-4-2-3-5-16(13)22/h2-5,8,12,15,17-19,26H,6-7H2,1H3. The SMILES string of the molecule is CN1C2C=C3C(C#N)C(=N)C(C#N)(C#N)C(c4ccccc4F)C3C1CC2. The van der Waals surface area contributed by atoms with E-state index < -0.39 is 23.1 Å². The van der Waals surface area contributed by atoms with Crippen molar-refractivity contribution in [1.82, 2.24) is 4.90 Å². The predicted octanol–water partition coefficient (Wildman–Crippen LogP) is 3.14. The minimum Gasteiger partial charge on any atom is -0.305 e. The molecule has 1 N–H and O–H groups in total. The Morgan fingerprint density at radius 3 is 2.52 bits per heavy atom. The minimum absolute atomic E-state index is 0.0182. The molecule has 2 aliphatic heterocycles. The highest BCUT2D eigenvalue weighted by Gasteiger charge is 2.61. The fourth-order valence-corrected chi connectivity index (χ4v) is 5.30. The molecule has 2 fully saturated rings. The van der Waals surface area contributed by atoms with Crippen LogP contribution in [0.2, 0.25) is 0 Å². The van der Waals surface area contributed by atoms with Crippen molar-refractivity contribution in [3.8, 4) is 18.2 Å². The lowest BCUT2D eigenvalue weighted by Crippen LogP contribution is -2.55. The van der Waals surface area contributed by atoms with Crippen LogP contribution >= 0.6 is 0 Å². The fourth-order valence-electron chi connectivity index (χ4n) is 5.30. The van der Waals surface area contributed by atoms with Crippen LogP contribution in [0.1, 0.15) is 24.3 Å². The van der Waals surface area contributed by atoms with E-state index in [9.17, 15) is 20.2 Å². The zero-order valence-electron chi connectivity index (χ0n) is 14.9. The van der Waals surface area contributed by atoms with Crippen LogP contribution in [0.3, 0.4) is 0 Å². The number of halogens is 1. The molecule has 2 heterocycles. The first-order chi connectivity index (χ1) is 13.0. The van der Waals surface area contributed by atoms with Crippen LogP contribution in [0.5, 0.6) is 0 Å². The van der Waals surface area contributed by atoms with E-state index in [0.717, 1.165) is 18.4 Å². The molecule has 0 radical (unpaired) electrons. The normalized spacial score (nSPS) is 34.0. The van der Waals surface area contributed by atoms with E-state index in [1.54, 1.807) is 18.2 Å². The zero-order valence-corrected chi connectivity index (χ0v) is 14.9. The summed E-state index contributed by atoms with van der Waals surface area (Å²) in [4.78, 5) is 2.20. The molecule has 5 unspecified atom stereocenters. The molecule has 0 aromatic heterocycles. The molecule has 2 bridgehead atoms. The maximum absolute atomic E-state index is 14.8. The number of rotatable bonds is 1. The molecule has 6 heteroatoms. The molecule has 4 rings (SSSR count). The van der Waals surface area contributed by atoms with Gasteiger partial charge in [-0.1, -0.05) is 24.3 Å². The number of hydrogen-bond acceptors (Lipinski definition) is 5. The van der Waals surface area contributed by atoms with E-state index in [2.05, 4.69) is 11.0 Å². The molecule has 0 spiro atoms. The van der Waals surface area contributed by atoms with E-state index in [0.29, 0.717) is 0 Å². The molecule has 134 valence electrons.